The molecule has 0 bridgehead atoms. The zero-order valence-corrected chi connectivity index (χ0v) is 18.4. The first kappa shape index (κ1) is 21.8. The molecule has 0 radical (unpaired) electrons. The van der Waals surface area contributed by atoms with Crippen LogP contribution in [0.15, 0.2) is 66.9 Å². The third-order valence-corrected chi connectivity index (χ3v) is 5.47. The average Bonchev–Trinajstić information content (AvgIpc) is 3.18. The molecule has 1 heterocycles. The lowest BCUT2D eigenvalue weighted by Crippen LogP contribution is -2.41. The first-order chi connectivity index (χ1) is 14.5. The SMILES string of the molecule is CC[C@@H](C)N(Cc1cccn1Cc1cccc(Cl)c1)C(=O)Nc1ccccc1OC. The van der Waals surface area contributed by atoms with E-state index in [1.807, 2.05) is 59.6 Å². The van der Waals surface area contributed by atoms with Crippen LogP contribution in [0.3, 0.4) is 0 Å². The summed E-state index contributed by atoms with van der Waals surface area (Å²) in [5.74, 6) is 0.638. The van der Waals surface area contributed by atoms with Crippen molar-refractivity contribution in [1.29, 1.82) is 0 Å². The third kappa shape index (κ3) is 5.36. The molecular weight excluding hydrogens is 398 g/mol. The standard InChI is InChI=1S/C24H28ClN3O2/c1-4-18(2)28(24(29)26-22-12-5-6-13-23(22)30-3)17-21-11-8-14-27(21)16-19-9-7-10-20(25)15-19/h5-15,18H,4,16-17H2,1-3H3,(H,26,29)/t18-/m1/s1. The van der Waals surface area contributed by atoms with Crippen LogP contribution in [0.2, 0.25) is 5.02 Å². The maximum Gasteiger partial charge on any atom is 0.322 e. The van der Waals surface area contributed by atoms with Crippen molar-refractivity contribution in [2.75, 3.05) is 12.4 Å². The molecule has 1 N–H and O–H groups in total. The Hall–Kier alpha value is -2.92. The predicted octanol–water partition coefficient (Wildman–Crippen LogP) is 6.03. The van der Waals surface area contributed by atoms with Gasteiger partial charge in [-0.2, -0.15) is 0 Å². The van der Waals surface area contributed by atoms with Gasteiger partial charge in [-0.15, -0.1) is 0 Å². The van der Waals surface area contributed by atoms with Gasteiger partial charge in [0.2, 0.25) is 0 Å². The Labute approximate surface area is 183 Å². The van der Waals surface area contributed by atoms with Crippen molar-refractivity contribution < 1.29 is 9.53 Å². The number of benzene rings is 2. The number of nitrogens with zero attached hydrogens (tertiary/aromatic N) is 2. The van der Waals surface area contributed by atoms with E-state index in [0.717, 1.165) is 22.7 Å². The zero-order chi connectivity index (χ0) is 21.5. The van der Waals surface area contributed by atoms with Gasteiger partial charge in [0, 0.05) is 29.5 Å². The summed E-state index contributed by atoms with van der Waals surface area (Å²) in [5.41, 5.74) is 2.84. The van der Waals surface area contributed by atoms with E-state index in [-0.39, 0.29) is 12.1 Å². The summed E-state index contributed by atoms with van der Waals surface area (Å²) in [7, 11) is 1.60. The highest BCUT2D eigenvalue weighted by molar-refractivity contribution is 6.30. The number of hydrogen-bond acceptors (Lipinski definition) is 2. The lowest BCUT2D eigenvalue weighted by Gasteiger charge is -2.29. The number of aromatic nitrogens is 1. The van der Waals surface area contributed by atoms with Gasteiger partial charge in [0.15, 0.2) is 0 Å². The molecule has 3 rings (SSSR count). The van der Waals surface area contributed by atoms with Crippen LogP contribution in [0.5, 0.6) is 5.75 Å². The second kappa shape index (κ2) is 10.2. The summed E-state index contributed by atoms with van der Waals surface area (Å²) in [6.45, 7) is 5.35. The highest BCUT2D eigenvalue weighted by Crippen LogP contribution is 2.24. The fourth-order valence-electron chi connectivity index (χ4n) is 3.34. The maximum absolute atomic E-state index is 13.2. The second-order valence-electron chi connectivity index (χ2n) is 7.27. The smallest absolute Gasteiger partial charge is 0.322 e. The van der Waals surface area contributed by atoms with Crippen molar-refractivity contribution in [2.24, 2.45) is 0 Å². The quantitative estimate of drug-likeness (QED) is 0.478. The van der Waals surface area contributed by atoms with E-state index in [9.17, 15) is 4.79 Å². The molecule has 0 unspecified atom stereocenters. The molecule has 3 aromatic rings. The van der Waals surface area contributed by atoms with Crippen molar-refractivity contribution in [2.45, 2.75) is 39.4 Å². The van der Waals surface area contributed by atoms with Crippen LogP contribution in [0.4, 0.5) is 10.5 Å². The topological polar surface area (TPSA) is 46.5 Å². The van der Waals surface area contributed by atoms with Crippen molar-refractivity contribution in [3.63, 3.8) is 0 Å². The van der Waals surface area contributed by atoms with Gasteiger partial charge in [0.1, 0.15) is 5.75 Å². The molecule has 1 atom stereocenters. The van der Waals surface area contributed by atoms with Gasteiger partial charge >= 0.3 is 6.03 Å². The molecule has 0 aliphatic carbocycles. The predicted molar refractivity (Wildman–Crippen MR) is 122 cm³/mol. The van der Waals surface area contributed by atoms with E-state index in [1.165, 1.54) is 0 Å². The molecule has 5 nitrogen and oxygen atoms in total. The van der Waals surface area contributed by atoms with Crippen LogP contribution in [-0.4, -0.2) is 28.6 Å². The number of carbonyl (C=O) groups is 1. The molecular formula is C24H28ClN3O2. The molecule has 1 aromatic heterocycles. The summed E-state index contributed by atoms with van der Waals surface area (Å²) in [6, 6.07) is 19.3. The van der Waals surface area contributed by atoms with Crippen molar-refractivity contribution in [1.82, 2.24) is 9.47 Å². The largest absolute Gasteiger partial charge is 0.495 e. The lowest BCUT2D eigenvalue weighted by atomic mass is 10.2. The summed E-state index contributed by atoms with van der Waals surface area (Å²) >= 11 is 6.13. The number of anilines is 1. The van der Waals surface area contributed by atoms with Crippen molar-refractivity contribution >= 4 is 23.3 Å². The Balaban J connectivity index is 1.79. The minimum Gasteiger partial charge on any atom is -0.495 e. The van der Waals surface area contributed by atoms with Crippen LogP contribution in [0.1, 0.15) is 31.5 Å². The first-order valence-corrected chi connectivity index (χ1v) is 10.5. The van der Waals surface area contributed by atoms with Gasteiger partial charge in [-0.05, 0) is 55.3 Å². The van der Waals surface area contributed by atoms with Crippen LogP contribution < -0.4 is 10.1 Å². The number of hydrogen-bond donors (Lipinski definition) is 1. The molecule has 0 saturated carbocycles. The number of carbonyl (C=O) groups excluding carboxylic acids is 1. The van der Waals surface area contributed by atoms with E-state index < -0.39 is 0 Å². The summed E-state index contributed by atoms with van der Waals surface area (Å²) in [4.78, 5) is 15.0. The van der Waals surface area contributed by atoms with E-state index >= 15 is 0 Å². The number of nitrogens with one attached hydrogen (secondary N) is 1. The Morgan fingerprint density at radius 2 is 1.97 bits per heavy atom. The summed E-state index contributed by atoms with van der Waals surface area (Å²) < 4.78 is 7.52. The Morgan fingerprint density at radius 3 is 2.70 bits per heavy atom. The third-order valence-electron chi connectivity index (χ3n) is 5.23. The normalized spacial score (nSPS) is 11.7. The minimum atomic E-state index is -0.149. The van der Waals surface area contributed by atoms with Gasteiger partial charge in [0.05, 0.1) is 19.3 Å². The lowest BCUT2D eigenvalue weighted by molar-refractivity contribution is 0.185. The molecule has 0 saturated heterocycles. The number of amides is 2. The maximum atomic E-state index is 13.2. The van der Waals surface area contributed by atoms with Crippen LogP contribution in [0, 0.1) is 0 Å². The molecule has 6 heteroatoms. The average molecular weight is 426 g/mol. The van der Waals surface area contributed by atoms with Gasteiger partial charge in [0.25, 0.3) is 0 Å². The van der Waals surface area contributed by atoms with E-state index in [4.69, 9.17) is 16.3 Å². The Bertz CT molecular complexity index is 986. The Morgan fingerprint density at radius 1 is 1.17 bits per heavy atom. The van der Waals surface area contributed by atoms with E-state index in [0.29, 0.717) is 24.5 Å². The molecule has 2 amide bonds. The first-order valence-electron chi connectivity index (χ1n) is 10.1. The van der Waals surface area contributed by atoms with Gasteiger partial charge in [-0.3, -0.25) is 0 Å². The summed E-state index contributed by atoms with van der Waals surface area (Å²) in [5, 5.41) is 3.72. The molecule has 30 heavy (non-hydrogen) atoms. The molecule has 0 aliphatic heterocycles. The number of para-hydroxylation sites is 2. The highest BCUT2D eigenvalue weighted by Gasteiger charge is 2.21. The van der Waals surface area contributed by atoms with Gasteiger partial charge in [-0.1, -0.05) is 42.8 Å². The summed E-state index contributed by atoms with van der Waals surface area (Å²) in [6.07, 6.45) is 2.89. The van der Waals surface area contributed by atoms with E-state index in [1.54, 1.807) is 7.11 Å². The van der Waals surface area contributed by atoms with Crippen molar-refractivity contribution in [3.8, 4) is 5.75 Å². The fraction of sp³-hybridized carbons (Fsp3) is 0.292. The zero-order valence-electron chi connectivity index (χ0n) is 17.6. The van der Waals surface area contributed by atoms with Crippen LogP contribution in [0.25, 0.3) is 0 Å². The van der Waals surface area contributed by atoms with Crippen LogP contribution >= 0.6 is 11.6 Å². The molecule has 0 spiro atoms. The fourth-order valence-corrected chi connectivity index (χ4v) is 3.55. The number of methoxy groups -OCH3 is 1. The number of urea groups is 1. The number of rotatable bonds is 8. The number of halogens is 1. The second-order valence-corrected chi connectivity index (χ2v) is 7.71. The molecule has 158 valence electrons. The monoisotopic (exact) mass is 425 g/mol. The molecule has 0 fully saturated rings. The van der Waals surface area contributed by atoms with Crippen molar-refractivity contribution in [3.05, 3.63) is 83.1 Å². The molecule has 0 aliphatic rings. The van der Waals surface area contributed by atoms with E-state index in [2.05, 4.69) is 35.9 Å². The van der Waals surface area contributed by atoms with Crippen LogP contribution in [-0.2, 0) is 13.1 Å². The van der Waals surface area contributed by atoms with Gasteiger partial charge < -0.3 is 19.5 Å². The van der Waals surface area contributed by atoms with Gasteiger partial charge in [-0.25, -0.2) is 4.79 Å². The minimum absolute atomic E-state index is 0.0780. The molecule has 2 aromatic carbocycles. The number of ether oxygens (including phenoxy) is 1. The highest BCUT2D eigenvalue weighted by atomic mass is 35.5. The Kier molecular flexibility index (Phi) is 7.41.